The summed E-state index contributed by atoms with van der Waals surface area (Å²) in [5, 5.41) is 0.965. The Morgan fingerprint density at radius 2 is 2.00 bits per heavy atom. The molecule has 0 saturated heterocycles. The van der Waals surface area contributed by atoms with Crippen molar-refractivity contribution in [3.63, 3.8) is 0 Å². The summed E-state index contributed by atoms with van der Waals surface area (Å²) in [7, 11) is 1.57. The van der Waals surface area contributed by atoms with Crippen LogP contribution in [0.2, 0.25) is 0 Å². The van der Waals surface area contributed by atoms with Gasteiger partial charge in [0.25, 0.3) is 0 Å². The number of fused-ring (bicyclic) bond motifs is 1. The van der Waals surface area contributed by atoms with Gasteiger partial charge in [-0.1, -0.05) is 28.1 Å². The molecule has 106 valence electrons. The molecule has 0 aliphatic heterocycles. The van der Waals surface area contributed by atoms with Crippen LogP contribution in [0.5, 0.6) is 5.75 Å². The molecule has 0 radical (unpaired) electrons. The molecule has 0 aliphatic carbocycles. The van der Waals surface area contributed by atoms with E-state index in [0.29, 0.717) is 16.9 Å². The molecule has 0 unspecified atom stereocenters. The molecule has 0 spiro atoms. The number of nitrogens with one attached hydrogen (secondary N) is 1. The van der Waals surface area contributed by atoms with Gasteiger partial charge in [0.15, 0.2) is 5.78 Å². The molecule has 3 rings (SSSR count). The lowest BCUT2D eigenvalue weighted by atomic mass is 9.99. The molecule has 0 atom stereocenters. The van der Waals surface area contributed by atoms with Crippen molar-refractivity contribution in [3.05, 3.63) is 63.8 Å². The Balaban J connectivity index is 2.17. The van der Waals surface area contributed by atoms with Crippen molar-refractivity contribution < 1.29 is 9.53 Å². The molecule has 0 amide bonds. The number of H-pyrrole nitrogens is 1. The third-order valence-electron chi connectivity index (χ3n) is 3.57. The monoisotopic (exact) mass is 343 g/mol. The lowest BCUT2D eigenvalue weighted by Crippen LogP contribution is -2.03. The summed E-state index contributed by atoms with van der Waals surface area (Å²) >= 11 is 3.39. The molecular weight excluding hydrogens is 330 g/mol. The number of aryl methyl sites for hydroxylation is 1. The Labute approximate surface area is 131 Å². The van der Waals surface area contributed by atoms with Gasteiger partial charge in [0.05, 0.1) is 12.7 Å². The van der Waals surface area contributed by atoms with Crippen LogP contribution >= 0.6 is 15.9 Å². The van der Waals surface area contributed by atoms with Gasteiger partial charge in [-0.2, -0.15) is 0 Å². The lowest BCUT2D eigenvalue weighted by Gasteiger charge is -2.08. The second-order valence-corrected chi connectivity index (χ2v) is 5.79. The quantitative estimate of drug-likeness (QED) is 0.712. The van der Waals surface area contributed by atoms with Crippen LogP contribution < -0.4 is 4.74 Å². The molecule has 1 heterocycles. The first kappa shape index (κ1) is 13.9. The van der Waals surface area contributed by atoms with E-state index in [-0.39, 0.29) is 5.78 Å². The van der Waals surface area contributed by atoms with Gasteiger partial charge < -0.3 is 9.72 Å². The number of ether oxygens (including phenoxy) is 1. The molecule has 0 bridgehead atoms. The molecule has 0 saturated carbocycles. The second-order valence-electron chi connectivity index (χ2n) is 4.87. The van der Waals surface area contributed by atoms with Crippen molar-refractivity contribution in [2.24, 2.45) is 0 Å². The normalized spacial score (nSPS) is 10.8. The fourth-order valence-corrected chi connectivity index (χ4v) is 2.88. The number of methoxy groups -OCH3 is 1. The molecule has 3 nitrogen and oxygen atoms in total. The predicted molar refractivity (Wildman–Crippen MR) is 87.2 cm³/mol. The van der Waals surface area contributed by atoms with Gasteiger partial charge in [-0.3, -0.25) is 4.79 Å². The average molecular weight is 344 g/mol. The summed E-state index contributed by atoms with van der Waals surface area (Å²) in [6.07, 6.45) is 1.77. The van der Waals surface area contributed by atoms with Crippen molar-refractivity contribution in [2.75, 3.05) is 7.11 Å². The van der Waals surface area contributed by atoms with Gasteiger partial charge in [0, 0.05) is 27.1 Å². The Morgan fingerprint density at radius 3 is 2.76 bits per heavy atom. The molecule has 0 fully saturated rings. The van der Waals surface area contributed by atoms with Gasteiger partial charge in [-0.05, 0) is 36.8 Å². The molecule has 3 aromatic rings. The number of ketones is 1. The zero-order chi connectivity index (χ0) is 15.0. The Kier molecular flexibility index (Phi) is 3.55. The van der Waals surface area contributed by atoms with E-state index < -0.39 is 0 Å². The third kappa shape index (κ3) is 2.36. The van der Waals surface area contributed by atoms with Gasteiger partial charge >= 0.3 is 0 Å². The van der Waals surface area contributed by atoms with E-state index in [1.807, 2.05) is 31.2 Å². The fraction of sp³-hybridized carbons (Fsp3) is 0.118. The first-order chi connectivity index (χ1) is 10.1. The van der Waals surface area contributed by atoms with Crippen molar-refractivity contribution >= 4 is 32.6 Å². The minimum Gasteiger partial charge on any atom is -0.496 e. The Hall–Kier alpha value is -2.07. The standard InChI is InChI=1S/C17H14BrNO2/c1-10-4-3-5-14-16(10)13(9-19-14)17(20)12-7-6-11(18)8-15(12)21-2/h3-9,19H,1-2H3. The van der Waals surface area contributed by atoms with E-state index in [2.05, 4.69) is 20.9 Å². The van der Waals surface area contributed by atoms with Crippen molar-refractivity contribution in [3.8, 4) is 5.75 Å². The third-order valence-corrected chi connectivity index (χ3v) is 4.06. The largest absolute Gasteiger partial charge is 0.496 e. The predicted octanol–water partition coefficient (Wildman–Crippen LogP) is 4.48. The highest BCUT2D eigenvalue weighted by Gasteiger charge is 2.19. The zero-order valence-electron chi connectivity index (χ0n) is 11.7. The minimum absolute atomic E-state index is 0.0418. The maximum atomic E-state index is 12.8. The highest BCUT2D eigenvalue weighted by atomic mass is 79.9. The van der Waals surface area contributed by atoms with Crippen LogP contribution in [0.15, 0.2) is 47.1 Å². The van der Waals surface area contributed by atoms with Crippen LogP contribution in [0, 0.1) is 6.92 Å². The molecular formula is C17H14BrNO2. The number of benzene rings is 2. The highest BCUT2D eigenvalue weighted by molar-refractivity contribution is 9.10. The number of hydrogen-bond acceptors (Lipinski definition) is 2. The number of rotatable bonds is 3. The summed E-state index contributed by atoms with van der Waals surface area (Å²) < 4.78 is 6.21. The first-order valence-corrected chi connectivity index (χ1v) is 7.36. The molecule has 2 aromatic carbocycles. The van der Waals surface area contributed by atoms with Crippen LogP contribution in [0.25, 0.3) is 10.9 Å². The summed E-state index contributed by atoms with van der Waals surface area (Å²) in [5.41, 5.74) is 3.27. The van der Waals surface area contributed by atoms with Crippen LogP contribution in [0.3, 0.4) is 0 Å². The number of halogens is 1. The summed E-state index contributed by atoms with van der Waals surface area (Å²) in [6.45, 7) is 2.01. The Morgan fingerprint density at radius 1 is 1.19 bits per heavy atom. The van der Waals surface area contributed by atoms with E-state index in [0.717, 1.165) is 20.9 Å². The molecule has 1 aromatic heterocycles. The highest BCUT2D eigenvalue weighted by Crippen LogP contribution is 2.29. The van der Waals surface area contributed by atoms with Crippen LogP contribution in [-0.2, 0) is 0 Å². The molecule has 0 aliphatic rings. The smallest absolute Gasteiger partial charge is 0.198 e. The minimum atomic E-state index is -0.0418. The number of hydrogen-bond donors (Lipinski definition) is 1. The maximum Gasteiger partial charge on any atom is 0.198 e. The van der Waals surface area contributed by atoms with E-state index in [4.69, 9.17) is 4.74 Å². The van der Waals surface area contributed by atoms with Crippen molar-refractivity contribution in [1.29, 1.82) is 0 Å². The van der Waals surface area contributed by atoms with Crippen LogP contribution in [-0.4, -0.2) is 17.9 Å². The summed E-state index contributed by atoms with van der Waals surface area (Å²) in [4.78, 5) is 16.0. The topological polar surface area (TPSA) is 42.1 Å². The van der Waals surface area contributed by atoms with Crippen LogP contribution in [0.4, 0.5) is 0 Å². The Bertz CT molecular complexity index is 836. The van der Waals surface area contributed by atoms with Gasteiger partial charge in [0.2, 0.25) is 0 Å². The fourth-order valence-electron chi connectivity index (χ4n) is 2.54. The maximum absolute atomic E-state index is 12.8. The van der Waals surface area contributed by atoms with Crippen molar-refractivity contribution in [1.82, 2.24) is 4.98 Å². The lowest BCUT2D eigenvalue weighted by molar-refractivity contribution is 0.103. The zero-order valence-corrected chi connectivity index (χ0v) is 13.3. The van der Waals surface area contributed by atoms with E-state index in [1.54, 1.807) is 25.4 Å². The number of carbonyl (C=O) groups is 1. The van der Waals surface area contributed by atoms with Gasteiger partial charge in [-0.15, -0.1) is 0 Å². The molecule has 1 N–H and O–H groups in total. The average Bonchev–Trinajstić information content (AvgIpc) is 2.92. The SMILES string of the molecule is COc1cc(Br)ccc1C(=O)c1c[nH]c2cccc(C)c12. The molecule has 21 heavy (non-hydrogen) atoms. The molecule has 4 heteroatoms. The summed E-state index contributed by atoms with van der Waals surface area (Å²) in [5.74, 6) is 0.525. The number of aromatic nitrogens is 1. The van der Waals surface area contributed by atoms with E-state index in [1.165, 1.54) is 0 Å². The van der Waals surface area contributed by atoms with E-state index >= 15 is 0 Å². The summed E-state index contributed by atoms with van der Waals surface area (Å²) in [6, 6.07) is 11.4. The van der Waals surface area contributed by atoms with Crippen molar-refractivity contribution in [2.45, 2.75) is 6.92 Å². The number of aromatic amines is 1. The second kappa shape index (κ2) is 5.37. The van der Waals surface area contributed by atoms with Gasteiger partial charge in [0.1, 0.15) is 5.75 Å². The first-order valence-electron chi connectivity index (χ1n) is 6.56. The van der Waals surface area contributed by atoms with Crippen LogP contribution in [0.1, 0.15) is 21.5 Å². The number of carbonyl (C=O) groups excluding carboxylic acids is 1. The van der Waals surface area contributed by atoms with Gasteiger partial charge in [-0.25, -0.2) is 0 Å². The van der Waals surface area contributed by atoms with E-state index in [9.17, 15) is 4.79 Å².